The number of aliphatic hydroxyl groups is 2. The quantitative estimate of drug-likeness (QED) is 0.580. The normalized spacial score (nSPS) is 16.0. The van der Waals surface area contributed by atoms with Crippen molar-refractivity contribution in [1.29, 1.82) is 0 Å². The molecule has 0 radical (unpaired) electrons. The van der Waals surface area contributed by atoms with Crippen molar-refractivity contribution in [3.05, 3.63) is 0 Å². The van der Waals surface area contributed by atoms with E-state index in [0.717, 1.165) is 12.8 Å². The van der Waals surface area contributed by atoms with E-state index in [4.69, 9.17) is 0 Å². The molecule has 0 aromatic rings. The predicted molar refractivity (Wildman–Crippen MR) is 51.1 cm³/mol. The summed E-state index contributed by atoms with van der Waals surface area (Å²) in [6.07, 6.45) is 5.01. The first-order valence-corrected chi connectivity index (χ1v) is 5.08. The van der Waals surface area contributed by atoms with Gasteiger partial charge in [0.2, 0.25) is 0 Å². The predicted octanol–water partition coefficient (Wildman–Crippen LogP) is 2.09. The number of rotatable bonds is 7. The lowest BCUT2D eigenvalue weighted by molar-refractivity contribution is 0.0114. The Bertz CT molecular complexity index is 93.8. The molecule has 2 heteroatoms. The summed E-state index contributed by atoms with van der Waals surface area (Å²) in [7, 11) is 0. The van der Waals surface area contributed by atoms with Gasteiger partial charge in [0, 0.05) is 0 Å². The SMILES string of the molecule is CCCCCC[C@@H](O)[C@@H](O)CC. The van der Waals surface area contributed by atoms with Gasteiger partial charge in [-0.3, -0.25) is 0 Å². The van der Waals surface area contributed by atoms with Crippen LogP contribution in [0.4, 0.5) is 0 Å². The van der Waals surface area contributed by atoms with Gasteiger partial charge in [-0.2, -0.15) is 0 Å². The lowest BCUT2D eigenvalue weighted by atomic mass is 10.0. The number of aliphatic hydroxyl groups excluding tert-OH is 2. The molecule has 0 fully saturated rings. The molecule has 0 unspecified atom stereocenters. The summed E-state index contributed by atoms with van der Waals surface area (Å²) in [5, 5.41) is 18.6. The number of hydrogen-bond donors (Lipinski definition) is 2. The van der Waals surface area contributed by atoms with E-state index in [-0.39, 0.29) is 0 Å². The molecule has 0 bridgehead atoms. The van der Waals surface area contributed by atoms with Crippen LogP contribution in [0.3, 0.4) is 0 Å². The second-order valence-electron chi connectivity index (χ2n) is 3.39. The first kappa shape index (κ1) is 11.9. The van der Waals surface area contributed by atoms with Crippen LogP contribution in [0.25, 0.3) is 0 Å². The molecule has 0 aromatic carbocycles. The number of unbranched alkanes of at least 4 members (excludes halogenated alkanes) is 3. The Morgan fingerprint density at radius 2 is 1.58 bits per heavy atom. The monoisotopic (exact) mass is 174 g/mol. The van der Waals surface area contributed by atoms with Gasteiger partial charge in [-0.25, -0.2) is 0 Å². The topological polar surface area (TPSA) is 40.5 Å². The fourth-order valence-electron chi connectivity index (χ4n) is 1.24. The van der Waals surface area contributed by atoms with Crippen LogP contribution in [0.15, 0.2) is 0 Å². The fourth-order valence-corrected chi connectivity index (χ4v) is 1.24. The minimum atomic E-state index is -0.522. The second-order valence-corrected chi connectivity index (χ2v) is 3.39. The van der Waals surface area contributed by atoms with Crippen molar-refractivity contribution in [1.82, 2.24) is 0 Å². The van der Waals surface area contributed by atoms with E-state index in [9.17, 15) is 10.2 Å². The summed E-state index contributed by atoms with van der Waals surface area (Å²) in [6.45, 7) is 4.05. The average Bonchev–Trinajstić information content (AvgIpc) is 2.10. The van der Waals surface area contributed by atoms with Crippen molar-refractivity contribution >= 4 is 0 Å². The molecule has 0 aromatic heterocycles. The van der Waals surface area contributed by atoms with E-state index < -0.39 is 12.2 Å². The fraction of sp³-hybridized carbons (Fsp3) is 1.00. The Hall–Kier alpha value is -0.0800. The molecule has 74 valence electrons. The Morgan fingerprint density at radius 3 is 2.08 bits per heavy atom. The molecule has 0 aliphatic heterocycles. The maximum atomic E-state index is 9.37. The van der Waals surface area contributed by atoms with Gasteiger partial charge in [0.15, 0.2) is 0 Å². The molecule has 12 heavy (non-hydrogen) atoms. The van der Waals surface area contributed by atoms with Crippen LogP contribution in [0, 0.1) is 0 Å². The lowest BCUT2D eigenvalue weighted by Crippen LogP contribution is -2.24. The Balaban J connectivity index is 3.24. The van der Waals surface area contributed by atoms with Crippen LogP contribution in [0.5, 0.6) is 0 Å². The lowest BCUT2D eigenvalue weighted by Gasteiger charge is -2.15. The highest BCUT2D eigenvalue weighted by atomic mass is 16.3. The van der Waals surface area contributed by atoms with E-state index in [1.165, 1.54) is 19.3 Å². The van der Waals surface area contributed by atoms with Crippen molar-refractivity contribution in [3.8, 4) is 0 Å². The molecule has 0 rings (SSSR count). The second kappa shape index (κ2) is 7.56. The molecule has 0 aliphatic carbocycles. The van der Waals surface area contributed by atoms with Gasteiger partial charge >= 0.3 is 0 Å². The van der Waals surface area contributed by atoms with E-state index in [0.29, 0.717) is 6.42 Å². The van der Waals surface area contributed by atoms with Gasteiger partial charge in [-0.1, -0.05) is 39.5 Å². The Labute approximate surface area is 75.6 Å². The van der Waals surface area contributed by atoms with Gasteiger partial charge in [0.25, 0.3) is 0 Å². The van der Waals surface area contributed by atoms with Crippen molar-refractivity contribution in [2.45, 2.75) is 64.6 Å². The molecule has 0 saturated heterocycles. The van der Waals surface area contributed by atoms with Crippen LogP contribution in [-0.2, 0) is 0 Å². The average molecular weight is 174 g/mol. The summed E-state index contributed by atoms with van der Waals surface area (Å²) in [4.78, 5) is 0. The van der Waals surface area contributed by atoms with Crippen LogP contribution < -0.4 is 0 Å². The zero-order valence-electron chi connectivity index (χ0n) is 8.29. The molecule has 0 amide bonds. The number of hydrogen-bond acceptors (Lipinski definition) is 2. The van der Waals surface area contributed by atoms with Gasteiger partial charge in [-0.15, -0.1) is 0 Å². The zero-order valence-corrected chi connectivity index (χ0v) is 8.29. The van der Waals surface area contributed by atoms with E-state index in [1.807, 2.05) is 6.92 Å². The zero-order chi connectivity index (χ0) is 9.40. The van der Waals surface area contributed by atoms with Gasteiger partial charge in [0.1, 0.15) is 0 Å². The highest BCUT2D eigenvalue weighted by Gasteiger charge is 2.12. The highest BCUT2D eigenvalue weighted by Crippen LogP contribution is 2.09. The largest absolute Gasteiger partial charge is 0.390 e. The minimum absolute atomic E-state index is 0.508. The summed E-state index contributed by atoms with van der Waals surface area (Å²) in [6, 6.07) is 0. The van der Waals surface area contributed by atoms with Crippen molar-refractivity contribution in [2.75, 3.05) is 0 Å². The Kier molecular flexibility index (Phi) is 7.51. The molecule has 2 nitrogen and oxygen atoms in total. The van der Waals surface area contributed by atoms with Gasteiger partial charge in [0.05, 0.1) is 12.2 Å². The van der Waals surface area contributed by atoms with Crippen LogP contribution >= 0.6 is 0 Å². The molecular weight excluding hydrogens is 152 g/mol. The Morgan fingerprint density at radius 1 is 0.917 bits per heavy atom. The molecular formula is C10H22O2. The molecule has 0 aliphatic rings. The first-order valence-electron chi connectivity index (χ1n) is 5.08. The van der Waals surface area contributed by atoms with Crippen LogP contribution in [-0.4, -0.2) is 22.4 Å². The third kappa shape index (κ3) is 5.56. The van der Waals surface area contributed by atoms with E-state index in [1.54, 1.807) is 0 Å². The van der Waals surface area contributed by atoms with E-state index >= 15 is 0 Å². The smallest absolute Gasteiger partial charge is 0.0799 e. The standard InChI is InChI=1S/C10H22O2/c1-3-5-6-7-8-10(12)9(11)4-2/h9-12H,3-8H2,1-2H3/t9-,10+/m0/s1. The molecule has 2 N–H and O–H groups in total. The molecule has 0 saturated carbocycles. The molecule has 0 spiro atoms. The third-order valence-electron chi connectivity index (χ3n) is 2.22. The minimum Gasteiger partial charge on any atom is -0.390 e. The third-order valence-corrected chi connectivity index (χ3v) is 2.22. The van der Waals surface area contributed by atoms with Crippen LogP contribution in [0.2, 0.25) is 0 Å². The summed E-state index contributed by atoms with van der Waals surface area (Å²) in [5.41, 5.74) is 0. The van der Waals surface area contributed by atoms with Gasteiger partial charge < -0.3 is 10.2 Å². The first-order chi connectivity index (χ1) is 5.72. The summed E-state index contributed by atoms with van der Waals surface area (Å²) in [5.74, 6) is 0. The molecule has 2 atom stereocenters. The van der Waals surface area contributed by atoms with Crippen molar-refractivity contribution < 1.29 is 10.2 Å². The van der Waals surface area contributed by atoms with E-state index in [2.05, 4.69) is 6.92 Å². The summed E-state index contributed by atoms with van der Waals surface area (Å²) < 4.78 is 0. The maximum absolute atomic E-state index is 9.37. The van der Waals surface area contributed by atoms with Gasteiger partial charge in [-0.05, 0) is 12.8 Å². The molecule has 0 heterocycles. The van der Waals surface area contributed by atoms with Crippen LogP contribution in [0.1, 0.15) is 52.4 Å². The van der Waals surface area contributed by atoms with Crippen molar-refractivity contribution in [2.24, 2.45) is 0 Å². The van der Waals surface area contributed by atoms with Crippen molar-refractivity contribution in [3.63, 3.8) is 0 Å². The maximum Gasteiger partial charge on any atom is 0.0799 e. The highest BCUT2D eigenvalue weighted by molar-refractivity contribution is 4.64. The summed E-state index contributed by atoms with van der Waals surface area (Å²) >= 11 is 0.